The highest BCUT2D eigenvalue weighted by Gasteiger charge is 2.31. The van der Waals surface area contributed by atoms with E-state index in [1.807, 2.05) is 31.2 Å². The minimum absolute atomic E-state index is 0.0433. The Balaban J connectivity index is 1.28. The molecule has 0 N–H and O–H groups in total. The number of nitrogens with zero attached hydrogens (tertiary/aromatic N) is 6. The molecule has 0 spiro atoms. The normalized spacial score (nSPS) is 15.2. The number of aliphatic imine (C=N–C) groups is 2. The van der Waals surface area contributed by atoms with Gasteiger partial charge < -0.3 is 4.74 Å². The lowest BCUT2D eigenvalue weighted by Gasteiger charge is -2.30. The van der Waals surface area contributed by atoms with Crippen LogP contribution >= 0.6 is 23.5 Å². The molecule has 13 heteroatoms. The van der Waals surface area contributed by atoms with Crippen LogP contribution in [0.5, 0.6) is 5.75 Å². The zero-order chi connectivity index (χ0) is 34.4. The van der Waals surface area contributed by atoms with Gasteiger partial charge in [-0.25, -0.2) is 9.67 Å². The van der Waals surface area contributed by atoms with Crippen molar-refractivity contribution in [2.75, 3.05) is 17.2 Å². The molecule has 1 amide bonds. The van der Waals surface area contributed by atoms with Crippen LogP contribution < -0.4 is 9.64 Å². The molecule has 8 nitrogen and oxygen atoms in total. The fraction of sp³-hybridized carbons (Fsp3) is 0.343. The molecule has 0 aliphatic carbocycles. The number of aryl methyl sites for hydroxylation is 1. The Bertz CT molecular complexity index is 1790. The minimum Gasteiger partial charge on any atom is -0.406 e. The average molecular weight is 695 g/mol. The van der Waals surface area contributed by atoms with Crippen molar-refractivity contribution in [3.05, 3.63) is 89.7 Å². The number of carbonyl (C=O) groups is 1. The molecule has 1 aliphatic heterocycles. The largest absolute Gasteiger partial charge is 0.573 e. The maximum atomic E-state index is 13.3. The molecule has 5 rings (SSSR count). The second kappa shape index (κ2) is 15.4. The number of halogens is 3. The van der Waals surface area contributed by atoms with E-state index in [1.54, 1.807) is 28.4 Å². The van der Waals surface area contributed by atoms with E-state index in [-0.39, 0.29) is 22.8 Å². The number of carbonyl (C=O) groups excluding carboxylic acids is 1. The molecule has 2 heterocycles. The van der Waals surface area contributed by atoms with E-state index in [0.717, 1.165) is 27.9 Å². The summed E-state index contributed by atoms with van der Waals surface area (Å²) in [5, 5.41) is 6.05. The molecule has 0 saturated carbocycles. The summed E-state index contributed by atoms with van der Waals surface area (Å²) < 4.78 is 42.8. The number of hydrogen-bond donors (Lipinski definition) is 0. The number of amidine groups is 2. The van der Waals surface area contributed by atoms with Crippen LogP contribution in [0.25, 0.3) is 17.1 Å². The Morgan fingerprint density at radius 3 is 2.44 bits per heavy atom. The summed E-state index contributed by atoms with van der Waals surface area (Å²) in [6.07, 6.45) is -2.10. The number of amides is 1. The van der Waals surface area contributed by atoms with Gasteiger partial charge in [0, 0.05) is 29.5 Å². The van der Waals surface area contributed by atoms with Crippen LogP contribution in [0.2, 0.25) is 0 Å². The molecule has 1 aromatic heterocycles. The number of hydrogen-bond acceptors (Lipinski definition) is 7. The molecular formula is C35H37F3N6O2S2. The second-order valence-electron chi connectivity index (χ2n) is 11.8. The monoisotopic (exact) mass is 694 g/mol. The number of thioether (sulfide) groups is 2. The van der Waals surface area contributed by atoms with Crippen molar-refractivity contribution in [2.24, 2.45) is 9.98 Å². The summed E-state index contributed by atoms with van der Waals surface area (Å²) in [5.74, 6) is 1.15. The van der Waals surface area contributed by atoms with E-state index in [4.69, 9.17) is 9.98 Å². The summed E-state index contributed by atoms with van der Waals surface area (Å²) in [5.41, 5.74) is 5.52. The number of ether oxygens (including phenoxy) is 1. The van der Waals surface area contributed by atoms with Gasteiger partial charge in [-0.3, -0.25) is 14.7 Å². The maximum Gasteiger partial charge on any atom is 0.573 e. The van der Waals surface area contributed by atoms with E-state index in [1.165, 1.54) is 35.3 Å². The molecule has 1 fully saturated rings. The van der Waals surface area contributed by atoms with Crippen LogP contribution in [-0.2, 0) is 11.2 Å². The van der Waals surface area contributed by atoms with E-state index in [9.17, 15) is 18.0 Å². The van der Waals surface area contributed by atoms with Crippen LogP contribution in [0.1, 0.15) is 56.7 Å². The Morgan fingerprint density at radius 2 is 1.77 bits per heavy atom. The maximum absolute atomic E-state index is 13.3. The third kappa shape index (κ3) is 9.28. The SMILES string of the molecule is Cc1ccc(C(C)C)c(N2C(=O)CCS/C2=N\C(=NCCc2ccc(-c3ncn(-c4ccc(OC(F)(F)F)cc4)n3)cc2)SC(C)C)c1. The molecule has 3 aromatic carbocycles. The lowest BCUT2D eigenvalue weighted by Crippen LogP contribution is -2.40. The molecule has 1 aliphatic rings. The first-order valence-corrected chi connectivity index (χ1v) is 17.5. The van der Waals surface area contributed by atoms with Gasteiger partial charge in [0.1, 0.15) is 12.1 Å². The molecule has 1 saturated heterocycles. The summed E-state index contributed by atoms with van der Waals surface area (Å²) in [7, 11) is 0. The number of alkyl halides is 3. The number of benzene rings is 3. The van der Waals surface area contributed by atoms with Crippen LogP contribution in [0.4, 0.5) is 18.9 Å². The first-order valence-electron chi connectivity index (χ1n) is 15.6. The van der Waals surface area contributed by atoms with Crippen molar-refractivity contribution in [2.45, 2.75) is 65.0 Å². The van der Waals surface area contributed by atoms with Gasteiger partial charge in [-0.1, -0.05) is 87.6 Å². The van der Waals surface area contributed by atoms with Gasteiger partial charge in [0.15, 0.2) is 16.2 Å². The second-order valence-corrected chi connectivity index (χ2v) is 14.4. The molecular weight excluding hydrogens is 658 g/mol. The Kier molecular flexibility index (Phi) is 11.3. The standard InChI is InChI=1S/C35H37F3N6O2S2/c1-22(2)29-15-6-24(5)20-30(29)44-31(45)17-19-47-34(44)41-33(48-23(3)4)39-18-16-25-7-9-26(10-8-25)32-40-21-43(42-32)27-11-13-28(14-12-27)46-35(36,37)38/h6-15,20-23H,16-19H2,1-5H3/b39-33?,41-34-. The molecule has 0 radical (unpaired) electrons. The van der Waals surface area contributed by atoms with Gasteiger partial charge in [-0.15, -0.1) is 18.3 Å². The van der Waals surface area contributed by atoms with Gasteiger partial charge in [0.05, 0.1) is 11.4 Å². The average Bonchev–Trinajstić information content (AvgIpc) is 3.51. The zero-order valence-electron chi connectivity index (χ0n) is 27.4. The highest BCUT2D eigenvalue weighted by Crippen LogP contribution is 2.34. The molecule has 4 aromatic rings. The molecule has 0 bridgehead atoms. The lowest BCUT2D eigenvalue weighted by atomic mass is 9.98. The fourth-order valence-corrected chi connectivity index (χ4v) is 6.70. The summed E-state index contributed by atoms with van der Waals surface area (Å²) in [4.78, 5) is 29.3. The van der Waals surface area contributed by atoms with E-state index >= 15 is 0 Å². The van der Waals surface area contributed by atoms with Crippen molar-refractivity contribution >= 4 is 45.5 Å². The smallest absolute Gasteiger partial charge is 0.406 e. The predicted molar refractivity (Wildman–Crippen MR) is 189 cm³/mol. The lowest BCUT2D eigenvalue weighted by molar-refractivity contribution is -0.274. The van der Waals surface area contributed by atoms with Gasteiger partial charge >= 0.3 is 6.36 Å². The Labute approximate surface area is 286 Å². The Morgan fingerprint density at radius 1 is 1.04 bits per heavy atom. The van der Waals surface area contributed by atoms with E-state index in [0.29, 0.717) is 47.0 Å². The van der Waals surface area contributed by atoms with Crippen LogP contribution in [0, 0.1) is 6.92 Å². The predicted octanol–water partition coefficient (Wildman–Crippen LogP) is 8.83. The molecule has 48 heavy (non-hydrogen) atoms. The molecule has 252 valence electrons. The third-order valence-corrected chi connectivity index (χ3v) is 9.10. The van der Waals surface area contributed by atoms with Gasteiger partial charge in [-0.05, 0) is 66.3 Å². The van der Waals surface area contributed by atoms with E-state index in [2.05, 4.69) is 60.7 Å². The topological polar surface area (TPSA) is 85.0 Å². The van der Waals surface area contributed by atoms with Gasteiger partial charge in [-0.2, -0.15) is 4.99 Å². The first kappa shape index (κ1) is 35.2. The van der Waals surface area contributed by atoms with Crippen molar-refractivity contribution < 1.29 is 22.7 Å². The van der Waals surface area contributed by atoms with Crippen molar-refractivity contribution in [3.63, 3.8) is 0 Å². The summed E-state index contributed by atoms with van der Waals surface area (Å²) >= 11 is 3.16. The quantitative estimate of drug-likeness (QED) is 0.129. The van der Waals surface area contributed by atoms with Gasteiger partial charge in [0.2, 0.25) is 5.91 Å². The number of anilines is 1. The van der Waals surface area contributed by atoms with Crippen LogP contribution in [-0.4, -0.2) is 54.9 Å². The molecule has 0 unspecified atom stereocenters. The van der Waals surface area contributed by atoms with Crippen LogP contribution in [0.15, 0.2) is 83.0 Å². The van der Waals surface area contributed by atoms with E-state index < -0.39 is 6.36 Å². The number of aromatic nitrogens is 3. The fourth-order valence-electron chi connectivity index (χ4n) is 4.98. The zero-order valence-corrected chi connectivity index (χ0v) is 29.0. The highest BCUT2D eigenvalue weighted by molar-refractivity contribution is 8.15. The summed E-state index contributed by atoms with van der Waals surface area (Å²) in [6.45, 7) is 11.0. The first-order chi connectivity index (χ1) is 22.9. The summed E-state index contributed by atoms with van der Waals surface area (Å²) in [6, 6.07) is 19.5. The minimum atomic E-state index is -4.75. The highest BCUT2D eigenvalue weighted by atomic mass is 32.2. The Hall–Kier alpha value is -4.10. The van der Waals surface area contributed by atoms with Gasteiger partial charge in [0.25, 0.3) is 0 Å². The van der Waals surface area contributed by atoms with Crippen molar-refractivity contribution in [1.82, 2.24) is 14.8 Å². The van der Waals surface area contributed by atoms with Crippen molar-refractivity contribution in [1.29, 1.82) is 0 Å². The van der Waals surface area contributed by atoms with Crippen molar-refractivity contribution in [3.8, 4) is 22.8 Å². The third-order valence-electron chi connectivity index (χ3n) is 7.26. The number of rotatable bonds is 9. The van der Waals surface area contributed by atoms with Crippen LogP contribution in [0.3, 0.4) is 0 Å². The molecule has 0 atom stereocenters.